The van der Waals surface area contributed by atoms with Gasteiger partial charge in [-0.25, -0.2) is 0 Å². The molecule has 0 N–H and O–H groups in total. The van der Waals surface area contributed by atoms with Crippen molar-refractivity contribution in [3.05, 3.63) is 59.2 Å². The fourth-order valence-corrected chi connectivity index (χ4v) is 2.12. The third-order valence-corrected chi connectivity index (χ3v) is 3.23. The van der Waals surface area contributed by atoms with Crippen LogP contribution in [0, 0.1) is 22.7 Å². The van der Waals surface area contributed by atoms with Gasteiger partial charge in [-0.15, -0.1) is 0 Å². The van der Waals surface area contributed by atoms with E-state index in [0.717, 1.165) is 24.8 Å². The van der Waals surface area contributed by atoms with E-state index in [1.165, 1.54) is 0 Å². The monoisotopic (exact) mass is 276 g/mol. The first-order chi connectivity index (χ1) is 10.3. The zero-order valence-corrected chi connectivity index (χ0v) is 12.0. The number of nitriles is 2. The van der Waals surface area contributed by atoms with Crippen molar-refractivity contribution in [1.29, 1.82) is 10.5 Å². The van der Waals surface area contributed by atoms with Crippen molar-refractivity contribution in [1.82, 2.24) is 0 Å². The molecule has 2 aromatic rings. The Labute approximate surface area is 125 Å². The number of hydrogen-bond donors (Lipinski definition) is 0. The molecule has 0 amide bonds. The second kappa shape index (κ2) is 7.12. The van der Waals surface area contributed by atoms with Gasteiger partial charge in [-0.1, -0.05) is 37.6 Å². The van der Waals surface area contributed by atoms with E-state index in [9.17, 15) is 5.26 Å². The third-order valence-electron chi connectivity index (χ3n) is 3.23. The average molecular weight is 276 g/mol. The Hall–Kier alpha value is -2.78. The minimum Gasteiger partial charge on any atom is -0.456 e. The van der Waals surface area contributed by atoms with Crippen LogP contribution in [0.3, 0.4) is 0 Å². The van der Waals surface area contributed by atoms with Gasteiger partial charge in [0.05, 0.1) is 5.56 Å². The normalized spacial score (nSPS) is 9.67. The number of ether oxygens (including phenoxy) is 1. The molecule has 0 unspecified atom stereocenters. The highest BCUT2D eigenvalue weighted by molar-refractivity contribution is 5.58. The molecule has 0 aliphatic heterocycles. The summed E-state index contributed by atoms with van der Waals surface area (Å²) >= 11 is 0. The minimum absolute atomic E-state index is 0.315. The van der Waals surface area contributed by atoms with Crippen LogP contribution < -0.4 is 4.74 Å². The predicted molar refractivity (Wildman–Crippen MR) is 81.0 cm³/mol. The fourth-order valence-electron chi connectivity index (χ4n) is 2.12. The summed E-state index contributed by atoms with van der Waals surface area (Å²) < 4.78 is 5.90. The van der Waals surface area contributed by atoms with E-state index in [4.69, 9.17) is 10.00 Å². The van der Waals surface area contributed by atoms with Gasteiger partial charge in [0, 0.05) is 0 Å². The fraction of sp³-hybridized carbons (Fsp3) is 0.222. The summed E-state index contributed by atoms with van der Waals surface area (Å²) in [7, 11) is 0. The molecule has 0 aliphatic carbocycles. The molecule has 2 aromatic carbocycles. The van der Waals surface area contributed by atoms with Crippen molar-refractivity contribution in [2.75, 3.05) is 0 Å². The molecular weight excluding hydrogens is 260 g/mol. The Morgan fingerprint density at radius 3 is 2.38 bits per heavy atom. The van der Waals surface area contributed by atoms with Crippen molar-refractivity contribution < 1.29 is 4.74 Å². The van der Waals surface area contributed by atoms with E-state index in [-0.39, 0.29) is 0 Å². The Balaban J connectivity index is 2.48. The van der Waals surface area contributed by atoms with Gasteiger partial charge in [0.1, 0.15) is 29.2 Å². The van der Waals surface area contributed by atoms with Crippen molar-refractivity contribution in [2.24, 2.45) is 0 Å². The van der Waals surface area contributed by atoms with Gasteiger partial charge < -0.3 is 4.74 Å². The lowest BCUT2D eigenvalue weighted by Gasteiger charge is -2.13. The lowest BCUT2D eigenvalue weighted by molar-refractivity contribution is 0.473. The first-order valence-corrected chi connectivity index (χ1v) is 6.99. The highest BCUT2D eigenvalue weighted by Gasteiger charge is 2.15. The maximum Gasteiger partial charge on any atom is 0.149 e. The standard InChI is InChI=1S/C18H16N2O/c1-2-3-7-14-10-11-15(12-19)17(13-20)18(14)21-16-8-5-4-6-9-16/h4-6,8-11H,2-3,7H2,1H3. The Morgan fingerprint density at radius 1 is 1.00 bits per heavy atom. The molecule has 3 heteroatoms. The number of para-hydroxylation sites is 1. The Morgan fingerprint density at radius 2 is 1.76 bits per heavy atom. The Bertz CT molecular complexity index is 694. The maximum atomic E-state index is 9.38. The van der Waals surface area contributed by atoms with E-state index in [0.29, 0.717) is 22.6 Å². The second-order valence-corrected chi connectivity index (χ2v) is 4.72. The zero-order chi connectivity index (χ0) is 15.1. The predicted octanol–water partition coefficient (Wildman–Crippen LogP) is 4.56. The number of benzene rings is 2. The van der Waals surface area contributed by atoms with E-state index in [1.807, 2.05) is 36.4 Å². The van der Waals surface area contributed by atoms with Gasteiger partial charge in [-0.3, -0.25) is 0 Å². The topological polar surface area (TPSA) is 56.8 Å². The van der Waals surface area contributed by atoms with Crippen LogP contribution in [0.5, 0.6) is 11.5 Å². The molecule has 0 spiro atoms. The van der Waals surface area contributed by atoms with Crippen LogP contribution in [0.1, 0.15) is 36.5 Å². The van der Waals surface area contributed by atoms with Gasteiger partial charge in [0.2, 0.25) is 0 Å². The molecule has 2 rings (SSSR count). The first kappa shape index (κ1) is 14.6. The summed E-state index contributed by atoms with van der Waals surface area (Å²) in [5.41, 5.74) is 1.63. The van der Waals surface area contributed by atoms with Crippen molar-refractivity contribution in [2.45, 2.75) is 26.2 Å². The van der Waals surface area contributed by atoms with Crippen LogP contribution in [-0.4, -0.2) is 0 Å². The minimum atomic E-state index is 0.315. The summed E-state index contributed by atoms with van der Waals surface area (Å²) in [5.74, 6) is 1.18. The number of nitrogens with zero attached hydrogens (tertiary/aromatic N) is 2. The SMILES string of the molecule is CCCCc1ccc(C#N)c(C#N)c1Oc1ccccc1. The van der Waals surface area contributed by atoms with Crippen LogP contribution in [0.25, 0.3) is 0 Å². The van der Waals surface area contributed by atoms with Gasteiger partial charge >= 0.3 is 0 Å². The molecule has 21 heavy (non-hydrogen) atoms. The lowest BCUT2D eigenvalue weighted by Crippen LogP contribution is -1.98. The molecule has 0 radical (unpaired) electrons. The molecule has 0 bridgehead atoms. The summed E-state index contributed by atoms with van der Waals surface area (Å²) in [6.45, 7) is 2.12. The van der Waals surface area contributed by atoms with E-state index in [2.05, 4.69) is 19.1 Å². The molecule has 0 aromatic heterocycles. The number of unbranched alkanes of at least 4 members (excludes halogenated alkanes) is 1. The van der Waals surface area contributed by atoms with Gasteiger partial charge in [0.25, 0.3) is 0 Å². The molecule has 0 saturated carbocycles. The van der Waals surface area contributed by atoms with Crippen molar-refractivity contribution in [3.63, 3.8) is 0 Å². The molecule has 0 atom stereocenters. The van der Waals surface area contributed by atoms with Gasteiger partial charge in [-0.2, -0.15) is 10.5 Å². The summed E-state index contributed by atoms with van der Waals surface area (Å²) in [6.07, 6.45) is 2.91. The quantitative estimate of drug-likeness (QED) is 0.804. The number of hydrogen-bond acceptors (Lipinski definition) is 3. The number of rotatable bonds is 5. The zero-order valence-electron chi connectivity index (χ0n) is 12.0. The maximum absolute atomic E-state index is 9.38. The van der Waals surface area contributed by atoms with E-state index in [1.54, 1.807) is 6.07 Å². The van der Waals surface area contributed by atoms with Crippen LogP contribution in [0.2, 0.25) is 0 Å². The molecular formula is C18H16N2O. The molecule has 0 heterocycles. The van der Waals surface area contributed by atoms with Crippen LogP contribution in [0.4, 0.5) is 0 Å². The van der Waals surface area contributed by atoms with Crippen LogP contribution in [0.15, 0.2) is 42.5 Å². The summed E-state index contributed by atoms with van der Waals surface area (Å²) in [6, 6.07) is 17.1. The summed E-state index contributed by atoms with van der Waals surface area (Å²) in [5, 5.41) is 18.5. The van der Waals surface area contributed by atoms with Crippen LogP contribution in [-0.2, 0) is 6.42 Å². The highest BCUT2D eigenvalue weighted by Crippen LogP contribution is 2.32. The highest BCUT2D eigenvalue weighted by atomic mass is 16.5. The second-order valence-electron chi connectivity index (χ2n) is 4.72. The Kier molecular flexibility index (Phi) is 4.96. The van der Waals surface area contributed by atoms with Gasteiger partial charge in [-0.05, 0) is 36.6 Å². The van der Waals surface area contributed by atoms with Gasteiger partial charge in [0.15, 0.2) is 0 Å². The molecule has 0 fully saturated rings. The summed E-state index contributed by atoms with van der Waals surface area (Å²) in [4.78, 5) is 0. The lowest BCUT2D eigenvalue weighted by atomic mass is 10.00. The molecule has 0 saturated heterocycles. The van der Waals surface area contributed by atoms with Crippen LogP contribution >= 0.6 is 0 Å². The van der Waals surface area contributed by atoms with E-state index < -0.39 is 0 Å². The van der Waals surface area contributed by atoms with E-state index >= 15 is 0 Å². The smallest absolute Gasteiger partial charge is 0.149 e. The molecule has 3 nitrogen and oxygen atoms in total. The number of aryl methyl sites for hydroxylation is 1. The molecule has 0 aliphatic rings. The van der Waals surface area contributed by atoms with Crippen molar-refractivity contribution >= 4 is 0 Å². The first-order valence-electron chi connectivity index (χ1n) is 6.99. The van der Waals surface area contributed by atoms with Crippen molar-refractivity contribution in [3.8, 4) is 23.6 Å². The average Bonchev–Trinajstić information content (AvgIpc) is 2.54. The largest absolute Gasteiger partial charge is 0.456 e. The molecule has 104 valence electrons. The third kappa shape index (κ3) is 3.41.